The molecule has 0 aliphatic carbocycles. The molecule has 0 bridgehead atoms. The van der Waals surface area contributed by atoms with Crippen LogP contribution < -0.4 is 5.46 Å². The molecule has 64 valence electrons. The maximum Gasteiger partial charge on any atom is 0.488 e. The topological polar surface area (TPSA) is 73.6 Å². The van der Waals surface area contributed by atoms with E-state index >= 15 is 0 Å². The largest absolute Gasteiger partial charge is 0.488 e. The minimum atomic E-state index is -1.51. The lowest BCUT2D eigenvalue weighted by Crippen LogP contribution is -2.30. The van der Waals surface area contributed by atoms with Gasteiger partial charge >= 0.3 is 7.12 Å². The van der Waals surface area contributed by atoms with Crippen LogP contribution in [-0.4, -0.2) is 27.3 Å². The van der Waals surface area contributed by atoms with E-state index in [1.165, 1.54) is 18.3 Å². The van der Waals surface area contributed by atoms with Crippen molar-refractivity contribution in [2.75, 3.05) is 0 Å². The summed E-state index contributed by atoms with van der Waals surface area (Å²) in [6.07, 6.45) is 0.736. The van der Waals surface area contributed by atoms with Gasteiger partial charge in [-0.3, -0.25) is 4.98 Å². The number of aromatic nitrogens is 1. The predicted molar refractivity (Wildman–Crippen MR) is 44.7 cm³/mol. The smallest absolute Gasteiger partial charge is 0.423 e. The summed E-state index contributed by atoms with van der Waals surface area (Å²) in [4.78, 5) is 3.85. The van der Waals surface area contributed by atoms with Gasteiger partial charge in [0.25, 0.3) is 0 Å². The van der Waals surface area contributed by atoms with Gasteiger partial charge in [0, 0.05) is 6.20 Å². The number of rotatable bonds is 2. The number of hydrogen-bond acceptors (Lipinski definition) is 4. The summed E-state index contributed by atoms with van der Waals surface area (Å²) in [6.45, 7) is 1.57. The molecule has 0 fully saturated rings. The van der Waals surface area contributed by atoms with Crippen LogP contribution in [0.4, 0.5) is 0 Å². The first-order chi connectivity index (χ1) is 5.61. The first kappa shape index (κ1) is 9.19. The average Bonchev–Trinajstić information content (AvgIpc) is 2.04. The summed E-state index contributed by atoms with van der Waals surface area (Å²) >= 11 is 0. The van der Waals surface area contributed by atoms with E-state index in [-0.39, 0.29) is 0 Å². The van der Waals surface area contributed by atoms with E-state index in [9.17, 15) is 0 Å². The molecule has 12 heavy (non-hydrogen) atoms. The zero-order valence-corrected chi connectivity index (χ0v) is 6.68. The maximum atomic E-state index is 9.10. The number of hydrogen-bond donors (Lipinski definition) is 3. The van der Waals surface area contributed by atoms with E-state index in [0.717, 1.165) is 0 Å². The lowest BCUT2D eigenvalue weighted by molar-refractivity contribution is 0.194. The van der Waals surface area contributed by atoms with Crippen molar-refractivity contribution in [3.8, 4) is 0 Å². The van der Waals surface area contributed by atoms with Crippen molar-refractivity contribution in [3.63, 3.8) is 0 Å². The van der Waals surface area contributed by atoms with Crippen LogP contribution in [0.2, 0.25) is 0 Å². The zero-order chi connectivity index (χ0) is 9.14. The predicted octanol–water partition coefficient (Wildman–Crippen LogP) is -1.19. The second-order valence-electron chi connectivity index (χ2n) is 2.56. The second-order valence-corrected chi connectivity index (χ2v) is 2.56. The molecule has 0 amide bonds. The van der Waals surface area contributed by atoms with E-state index in [0.29, 0.717) is 11.2 Å². The monoisotopic (exact) mass is 167 g/mol. The van der Waals surface area contributed by atoms with Gasteiger partial charge in [-0.15, -0.1) is 0 Å². The maximum absolute atomic E-state index is 9.10. The Kier molecular flexibility index (Phi) is 2.81. The molecular formula is C7H10BNO3. The highest BCUT2D eigenvalue weighted by Gasteiger charge is 2.12. The molecule has 4 nitrogen and oxygen atoms in total. The number of aliphatic hydroxyl groups excluding tert-OH is 1. The van der Waals surface area contributed by atoms with Gasteiger partial charge in [-0.25, -0.2) is 0 Å². The SMILES string of the molecule is CC(O)c1cc(B(O)O)ccn1. The molecule has 0 saturated heterocycles. The van der Waals surface area contributed by atoms with Gasteiger partial charge < -0.3 is 15.2 Å². The molecule has 0 aromatic carbocycles. The van der Waals surface area contributed by atoms with E-state index < -0.39 is 13.2 Å². The second kappa shape index (κ2) is 3.66. The van der Waals surface area contributed by atoms with E-state index in [2.05, 4.69) is 4.98 Å². The van der Waals surface area contributed by atoms with Gasteiger partial charge in [0.05, 0.1) is 11.8 Å². The van der Waals surface area contributed by atoms with Crippen LogP contribution in [0, 0.1) is 0 Å². The molecule has 1 unspecified atom stereocenters. The van der Waals surface area contributed by atoms with Gasteiger partial charge in [0.15, 0.2) is 0 Å². The number of aliphatic hydroxyl groups is 1. The molecular weight excluding hydrogens is 157 g/mol. The third-order valence-corrected chi connectivity index (χ3v) is 1.53. The fourth-order valence-electron chi connectivity index (χ4n) is 0.855. The molecule has 1 atom stereocenters. The van der Waals surface area contributed by atoms with E-state index in [4.69, 9.17) is 15.2 Å². The van der Waals surface area contributed by atoms with Crippen molar-refractivity contribution in [3.05, 3.63) is 24.0 Å². The molecule has 0 aliphatic heterocycles. The van der Waals surface area contributed by atoms with Gasteiger partial charge in [0.2, 0.25) is 0 Å². The van der Waals surface area contributed by atoms with Crippen molar-refractivity contribution in [1.82, 2.24) is 4.98 Å². The summed E-state index contributed by atoms with van der Waals surface area (Å²) in [5, 5.41) is 26.7. The third-order valence-electron chi connectivity index (χ3n) is 1.53. The van der Waals surface area contributed by atoms with Crippen LogP contribution in [0.25, 0.3) is 0 Å². The highest BCUT2D eigenvalue weighted by molar-refractivity contribution is 6.58. The summed E-state index contributed by atoms with van der Waals surface area (Å²) in [5.41, 5.74) is 0.765. The van der Waals surface area contributed by atoms with Crippen LogP contribution in [-0.2, 0) is 0 Å². The molecule has 1 aromatic heterocycles. The lowest BCUT2D eigenvalue weighted by Gasteiger charge is -2.04. The quantitative estimate of drug-likeness (QED) is 0.484. The third kappa shape index (κ3) is 2.04. The molecule has 5 heteroatoms. The highest BCUT2D eigenvalue weighted by atomic mass is 16.4. The van der Waals surface area contributed by atoms with Crippen LogP contribution in [0.3, 0.4) is 0 Å². The fourth-order valence-corrected chi connectivity index (χ4v) is 0.855. The van der Waals surface area contributed by atoms with E-state index in [1.807, 2.05) is 0 Å². The molecule has 0 spiro atoms. The Morgan fingerprint density at radius 3 is 2.67 bits per heavy atom. The Labute approximate surface area is 70.7 Å². The Balaban J connectivity index is 2.96. The Bertz CT molecular complexity index is 241. The minimum Gasteiger partial charge on any atom is -0.423 e. The van der Waals surface area contributed by atoms with Gasteiger partial charge in [-0.05, 0) is 24.5 Å². The molecule has 0 aliphatic rings. The van der Waals surface area contributed by atoms with E-state index in [1.54, 1.807) is 6.92 Å². The van der Waals surface area contributed by atoms with Crippen molar-refractivity contribution < 1.29 is 15.2 Å². The molecule has 0 saturated carbocycles. The van der Waals surface area contributed by atoms with Crippen molar-refractivity contribution in [2.24, 2.45) is 0 Å². The van der Waals surface area contributed by atoms with Crippen LogP contribution in [0.1, 0.15) is 18.7 Å². The Morgan fingerprint density at radius 2 is 2.17 bits per heavy atom. The lowest BCUT2D eigenvalue weighted by atomic mass is 9.80. The molecule has 1 heterocycles. The average molecular weight is 167 g/mol. The summed E-state index contributed by atoms with van der Waals surface area (Å²) in [7, 11) is -1.51. The van der Waals surface area contributed by atoms with Crippen molar-refractivity contribution >= 4 is 12.6 Å². The number of pyridine rings is 1. The van der Waals surface area contributed by atoms with Gasteiger partial charge in [0.1, 0.15) is 0 Å². The molecule has 3 N–H and O–H groups in total. The summed E-state index contributed by atoms with van der Waals surface area (Å²) in [5.74, 6) is 0. The van der Waals surface area contributed by atoms with Gasteiger partial charge in [-0.2, -0.15) is 0 Å². The first-order valence-corrected chi connectivity index (χ1v) is 3.61. The zero-order valence-electron chi connectivity index (χ0n) is 6.68. The Hall–Kier alpha value is -0.905. The molecule has 1 aromatic rings. The summed E-state index contributed by atoms with van der Waals surface area (Å²) in [6, 6.07) is 2.94. The van der Waals surface area contributed by atoms with Crippen LogP contribution >= 0.6 is 0 Å². The molecule has 0 radical (unpaired) electrons. The fraction of sp³-hybridized carbons (Fsp3) is 0.286. The van der Waals surface area contributed by atoms with Crippen molar-refractivity contribution in [1.29, 1.82) is 0 Å². The first-order valence-electron chi connectivity index (χ1n) is 3.61. The Morgan fingerprint density at radius 1 is 1.50 bits per heavy atom. The normalized spacial score (nSPS) is 12.7. The van der Waals surface area contributed by atoms with Crippen molar-refractivity contribution in [2.45, 2.75) is 13.0 Å². The number of nitrogens with zero attached hydrogens (tertiary/aromatic N) is 1. The molecule has 1 rings (SSSR count). The minimum absolute atomic E-state index is 0.334. The summed E-state index contributed by atoms with van der Waals surface area (Å²) < 4.78 is 0. The van der Waals surface area contributed by atoms with Crippen LogP contribution in [0.5, 0.6) is 0 Å². The highest BCUT2D eigenvalue weighted by Crippen LogP contribution is 2.05. The van der Waals surface area contributed by atoms with Gasteiger partial charge in [-0.1, -0.05) is 0 Å². The standard InChI is InChI=1S/C7H10BNO3/c1-5(10)7-4-6(8(11)12)2-3-9-7/h2-5,10-12H,1H3. The van der Waals surface area contributed by atoms with Crippen LogP contribution in [0.15, 0.2) is 18.3 Å².